The van der Waals surface area contributed by atoms with Crippen LogP contribution in [0.4, 0.5) is 14.6 Å². The third-order valence-corrected chi connectivity index (χ3v) is 2.57. The Hall–Kier alpha value is -1.47. The zero-order valence-electron chi connectivity index (χ0n) is 10.5. The van der Waals surface area contributed by atoms with Crippen LogP contribution < -0.4 is 16.0 Å². The zero-order chi connectivity index (χ0) is 13.5. The monoisotopic (exact) mass is 260 g/mol. The van der Waals surface area contributed by atoms with E-state index in [9.17, 15) is 8.78 Å². The molecular formula is C11H18F2N4O. The molecule has 0 fully saturated rings. The quantitative estimate of drug-likeness (QED) is 0.572. The first kappa shape index (κ1) is 14.6. The summed E-state index contributed by atoms with van der Waals surface area (Å²) in [5.74, 6) is 2.86. The van der Waals surface area contributed by atoms with Gasteiger partial charge in [-0.15, -0.1) is 0 Å². The summed E-state index contributed by atoms with van der Waals surface area (Å²) in [5, 5.41) is 0. The van der Waals surface area contributed by atoms with Crippen molar-refractivity contribution in [3.05, 3.63) is 17.7 Å². The van der Waals surface area contributed by atoms with Gasteiger partial charge < -0.3 is 15.1 Å². The number of nitrogens with zero attached hydrogens (tertiary/aromatic N) is 2. The molecule has 0 unspecified atom stereocenters. The van der Waals surface area contributed by atoms with E-state index in [-0.39, 0.29) is 18.3 Å². The highest BCUT2D eigenvalue weighted by molar-refractivity contribution is 5.38. The molecule has 3 N–H and O–H groups in total. The van der Waals surface area contributed by atoms with Crippen LogP contribution in [-0.2, 0) is 0 Å². The van der Waals surface area contributed by atoms with E-state index in [1.54, 1.807) is 0 Å². The van der Waals surface area contributed by atoms with Gasteiger partial charge in [-0.05, 0) is 13.1 Å². The van der Waals surface area contributed by atoms with Crippen LogP contribution >= 0.6 is 0 Å². The van der Waals surface area contributed by atoms with Gasteiger partial charge in [-0.2, -0.15) is 4.98 Å². The zero-order valence-corrected chi connectivity index (χ0v) is 10.5. The summed E-state index contributed by atoms with van der Waals surface area (Å²) in [6, 6.07) is 0.689. The topological polar surface area (TPSA) is 63.4 Å². The van der Waals surface area contributed by atoms with Crippen molar-refractivity contribution in [1.29, 1.82) is 0 Å². The Bertz CT molecular complexity index is 386. The second kappa shape index (κ2) is 7.07. The van der Waals surface area contributed by atoms with Gasteiger partial charge in [-0.25, -0.2) is 14.6 Å². The van der Waals surface area contributed by atoms with Gasteiger partial charge in [-0.1, -0.05) is 13.8 Å². The number of hydrogen-bond donors (Lipinski definition) is 2. The number of hydrazine groups is 1. The number of nitrogens with two attached hydrogens (primary N) is 1. The number of aromatic nitrogens is 1. The molecule has 0 amide bonds. The standard InChI is InChI=1S/C11H18F2N4O/c1-3-17(4-2)5-6-18-11-9(13)7-8(12)10(15-11)16-14/h7H,3-6,14H2,1-2H3,(H,15,16). The molecule has 0 aliphatic heterocycles. The van der Waals surface area contributed by atoms with Crippen LogP contribution in [0.25, 0.3) is 0 Å². The lowest BCUT2D eigenvalue weighted by Crippen LogP contribution is -2.28. The maximum absolute atomic E-state index is 13.3. The lowest BCUT2D eigenvalue weighted by Gasteiger charge is -2.18. The van der Waals surface area contributed by atoms with Gasteiger partial charge in [0.1, 0.15) is 6.61 Å². The normalized spacial score (nSPS) is 10.8. The molecule has 0 aromatic carbocycles. The van der Waals surface area contributed by atoms with Crippen LogP contribution in [-0.4, -0.2) is 36.1 Å². The second-order valence-electron chi connectivity index (χ2n) is 3.63. The number of pyridine rings is 1. The number of likely N-dealkylation sites (N-methyl/N-ethyl adjacent to an activating group) is 1. The number of rotatable bonds is 7. The largest absolute Gasteiger partial charge is 0.474 e. The number of nitrogens with one attached hydrogen (secondary N) is 1. The van der Waals surface area contributed by atoms with Crippen LogP contribution in [0.1, 0.15) is 13.8 Å². The van der Waals surface area contributed by atoms with E-state index in [0.29, 0.717) is 12.6 Å². The lowest BCUT2D eigenvalue weighted by molar-refractivity contribution is 0.211. The second-order valence-corrected chi connectivity index (χ2v) is 3.63. The average Bonchev–Trinajstić information content (AvgIpc) is 2.37. The number of anilines is 1. The predicted octanol–water partition coefficient (Wildman–Crippen LogP) is 1.37. The average molecular weight is 260 g/mol. The van der Waals surface area contributed by atoms with Gasteiger partial charge in [-0.3, -0.25) is 0 Å². The van der Waals surface area contributed by atoms with Crippen LogP contribution in [0.2, 0.25) is 0 Å². The smallest absolute Gasteiger partial charge is 0.252 e. The fraction of sp³-hybridized carbons (Fsp3) is 0.545. The summed E-state index contributed by atoms with van der Waals surface area (Å²) in [6.45, 7) is 6.75. The summed E-state index contributed by atoms with van der Waals surface area (Å²) < 4.78 is 31.6. The summed E-state index contributed by atoms with van der Waals surface area (Å²) >= 11 is 0. The lowest BCUT2D eigenvalue weighted by atomic mass is 10.4. The van der Waals surface area contributed by atoms with Gasteiger partial charge in [0.2, 0.25) is 0 Å². The van der Waals surface area contributed by atoms with E-state index >= 15 is 0 Å². The van der Waals surface area contributed by atoms with Crippen molar-refractivity contribution in [2.75, 3.05) is 31.7 Å². The van der Waals surface area contributed by atoms with Crippen LogP contribution in [0.3, 0.4) is 0 Å². The van der Waals surface area contributed by atoms with Crippen molar-refractivity contribution in [1.82, 2.24) is 9.88 Å². The molecule has 1 rings (SSSR count). The van der Waals surface area contributed by atoms with E-state index in [0.717, 1.165) is 13.1 Å². The van der Waals surface area contributed by atoms with Crippen LogP contribution in [0.5, 0.6) is 5.88 Å². The Morgan fingerprint density at radius 3 is 2.56 bits per heavy atom. The molecule has 1 aromatic heterocycles. The Morgan fingerprint density at radius 1 is 1.33 bits per heavy atom. The van der Waals surface area contributed by atoms with Crippen molar-refractivity contribution in [2.24, 2.45) is 5.84 Å². The number of halogens is 2. The highest BCUT2D eigenvalue weighted by Crippen LogP contribution is 2.19. The Kier molecular flexibility index (Phi) is 5.73. The van der Waals surface area contributed by atoms with E-state index in [2.05, 4.69) is 9.88 Å². The van der Waals surface area contributed by atoms with Crippen molar-refractivity contribution in [3.63, 3.8) is 0 Å². The molecule has 18 heavy (non-hydrogen) atoms. The maximum Gasteiger partial charge on any atom is 0.252 e. The number of hydrogen-bond acceptors (Lipinski definition) is 5. The molecule has 7 heteroatoms. The third kappa shape index (κ3) is 3.78. The number of nitrogen functional groups attached to an aromatic ring is 1. The number of ether oxygens (including phenoxy) is 1. The Morgan fingerprint density at radius 2 is 2.00 bits per heavy atom. The summed E-state index contributed by atoms with van der Waals surface area (Å²) in [7, 11) is 0. The first-order valence-electron chi connectivity index (χ1n) is 5.80. The molecule has 0 saturated carbocycles. The summed E-state index contributed by atoms with van der Waals surface area (Å²) in [6.07, 6.45) is 0. The van der Waals surface area contributed by atoms with Crippen molar-refractivity contribution in [3.8, 4) is 5.88 Å². The van der Waals surface area contributed by atoms with Gasteiger partial charge in [0.25, 0.3) is 5.88 Å². The van der Waals surface area contributed by atoms with Crippen molar-refractivity contribution >= 4 is 5.82 Å². The van der Waals surface area contributed by atoms with E-state index in [1.165, 1.54) is 0 Å². The van der Waals surface area contributed by atoms with Gasteiger partial charge >= 0.3 is 0 Å². The molecule has 0 atom stereocenters. The van der Waals surface area contributed by atoms with Crippen molar-refractivity contribution in [2.45, 2.75) is 13.8 Å². The Balaban J connectivity index is 2.61. The molecule has 102 valence electrons. The van der Waals surface area contributed by atoms with Crippen LogP contribution in [0.15, 0.2) is 6.07 Å². The van der Waals surface area contributed by atoms with E-state index in [4.69, 9.17) is 10.6 Å². The van der Waals surface area contributed by atoms with Gasteiger partial charge in [0.05, 0.1) is 0 Å². The molecule has 0 aliphatic carbocycles. The molecule has 0 spiro atoms. The van der Waals surface area contributed by atoms with Gasteiger partial charge in [0.15, 0.2) is 17.5 Å². The van der Waals surface area contributed by atoms with E-state index < -0.39 is 11.6 Å². The highest BCUT2D eigenvalue weighted by Gasteiger charge is 2.12. The molecule has 0 bridgehead atoms. The van der Waals surface area contributed by atoms with E-state index in [1.807, 2.05) is 19.3 Å². The summed E-state index contributed by atoms with van der Waals surface area (Å²) in [5.41, 5.74) is 2.04. The third-order valence-electron chi connectivity index (χ3n) is 2.57. The maximum atomic E-state index is 13.3. The SMILES string of the molecule is CCN(CC)CCOc1nc(NN)c(F)cc1F. The highest BCUT2D eigenvalue weighted by atomic mass is 19.1. The fourth-order valence-electron chi connectivity index (χ4n) is 1.46. The molecule has 0 radical (unpaired) electrons. The molecule has 5 nitrogen and oxygen atoms in total. The first-order valence-corrected chi connectivity index (χ1v) is 5.80. The molecule has 1 aromatic rings. The van der Waals surface area contributed by atoms with Gasteiger partial charge in [0, 0.05) is 12.6 Å². The minimum atomic E-state index is -0.855. The molecule has 0 saturated heterocycles. The van der Waals surface area contributed by atoms with Crippen LogP contribution in [0, 0.1) is 11.6 Å². The minimum absolute atomic E-state index is 0.241. The molecular weight excluding hydrogens is 242 g/mol. The first-order chi connectivity index (χ1) is 8.62. The minimum Gasteiger partial charge on any atom is -0.474 e. The Labute approximate surface area is 105 Å². The molecule has 0 aliphatic rings. The fourth-order valence-corrected chi connectivity index (χ4v) is 1.46. The predicted molar refractivity (Wildman–Crippen MR) is 65.2 cm³/mol. The molecule has 1 heterocycles. The van der Waals surface area contributed by atoms with Crippen molar-refractivity contribution < 1.29 is 13.5 Å². The summed E-state index contributed by atoms with van der Waals surface area (Å²) in [4.78, 5) is 5.73.